The first-order chi connectivity index (χ1) is 11.4. The molecule has 0 bridgehead atoms. The number of carbonyl (C=O) groups excluding carboxylic acids is 1. The summed E-state index contributed by atoms with van der Waals surface area (Å²) in [6.45, 7) is 11.3. The third-order valence-corrected chi connectivity index (χ3v) is 14.8. The van der Waals surface area contributed by atoms with Gasteiger partial charge in [0.25, 0.3) is 0 Å². The van der Waals surface area contributed by atoms with Crippen LogP contribution in [0, 0.1) is 0 Å². The molecule has 0 aliphatic heterocycles. The summed E-state index contributed by atoms with van der Waals surface area (Å²) in [7, 11) is 4.45. The van der Waals surface area contributed by atoms with E-state index in [0.717, 1.165) is 0 Å². The Balaban J connectivity index is 0. The van der Waals surface area contributed by atoms with Crippen molar-refractivity contribution >= 4 is 60.4 Å². The zero-order valence-electron chi connectivity index (χ0n) is 14.9. The molecule has 0 aliphatic carbocycles. The second-order valence-corrected chi connectivity index (χ2v) is 14.5. The van der Waals surface area contributed by atoms with Gasteiger partial charge in [0.1, 0.15) is 12.2 Å². The second kappa shape index (κ2) is 18.4. The van der Waals surface area contributed by atoms with E-state index in [0.29, 0.717) is 19.8 Å². The lowest BCUT2D eigenvalue weighted by atomic mass is 10.3. The highest BCUT2D eigenvalue weighted by Crippen LogP contribution is 2.48. The summed E-state index contributed by atoms with van der Waals surface area (Å²) in [5.41, 5.74) is 0. The topological polar surface area (TPSA) is 82.1 Å². The van der Waals surface area contributed by atoms with Gasteiger partial charge in [-0.1, -0.05) is 17.7 Å². The Kier molecular flexibility index (Phi) is 20.6. The Morgan fingerprint density at radius 1 is 0.958 bits per heavy atom. The van der Waals surface area contributed by atoms with Crippen molar-refractivity contribution in [2.75, 3.05) is 25.6 Å². The average Bonchev–Trinajstić information content (AvgIpc) is 2.47. The molecule has 0 aromatic heterocycles. The molecule has 0 aromatic carbocycles. The first kappa shape index (κ1) is 26.9. The number of hydrogen-bond acceptors (Lipinski definition) is 9. The van der Waals surface area contributed by atoms with Crippen LogP contribution in [0.15, 0.2) is 0 Å². The number of rotatable bonds is 14. The number of hydrogen-bond donors (Lipinski definition) is 1. The van der Waals surface area contributed by atoms with Crippen LogP contribution in [0.2, 0.25) is 0 Å². The van der Waals surface area contributed by atoms with E-state index >= 15 is 0 Å². The minimum Gasteiger partial charge on any atom is -0.481 e. The molecule has 0 heterocycles. The monoisotopic (exact) mass is 436 g/mol. The summed E-state index contributed by atoms with van der Waals surface area (Å²) in [5.74, 6) is -0.204. The normalized spacial score (nSPS) is 10.9. The first-order valence-corrected chi connectivity index (χ1v) is 15.1. The van der Waals surface area contributed by atoms with E-state index in [9.17, 15) is 9.59 Å². The van der Waals surface area contributed by atoms with Gasteiger partial charge in [-0.15, -0.1) is 0 Å². The van der Waals surface area contributed by atoms with Crippen LogP contribution in [0.4, 0.5) is 0 Å². The van der Waals surface area contributed by atoms with Gasteiger partial charge in [-0.3, -0.25) is 9.59 Å². The molecule has 0 amide bonds. The summed E-state index contributed by atoms with van der Waals surface area (Å²) >= 11 is 0. The number of carboxylic acid groups (broad SMARTS) is 1. The van der Waals surface area contributed by atoms with Crippen molar-refractivity contribution in [1.29, 1.82) is 0 Å². The van der Waals surface area contributed by atoms with E-state index in [4.69, 9.17) is 18.4 Å². The largest absolute Gasteiger partial charge is 0.585 e. The third-order valence-electron chi connectivity index (χ3n) is 1.86. The molecule has 1 N–H and O–H groups in total. The summed E-state index contributed by atoms with van der Waals surface area (Å²) in [6.07, 6.45) is 0.841. The number of carbonyl (C=O) groups is 2. The van der Waals surface area contributed by atoms with Crippen LogP contribution in [0.5, 0.6) is 0 Å². The van der Waals surface area contributed by atoms with Crippen molar-refractivity contribution in [2.24, 2.45) is 0 Å². The number of aliphatic carboxylic acids is 1. The molecule has 144 valence electrons. The molecule has 0 saturated carbocycles. The predicted molar refractivity (Wildman–Crippen MR) is 109 cm³/mol. The highest BCUT2D eigenvalue weighted by molar-refractivity contribution is 9.28. The average molecular weight is 437 g/mol. The molecule has 0 rings (SSSR count). The van der Waals surface area contributed by atoms with Gasteiger partial charge in [0.2, 0.25) is 0 Å². The van der Waals surface area contributed by atoms with Crippen LogP contribution < -0.4 is 0 Å². The van der Waals surface area contributed by atoms with E-state index in [1.54, 1.807) is 29.9 Å². The minimum absolute atomic E-state index is 0.312. The van der Waals surface area contributed by atoms with Gasteiger partial charge >= 0.3 is 13.9 Å². The van der Waals surface area contributed by atoms with E-state index in [1.165, 1.54) is 19.1 Å². The highest BCUT2D eigenvalue weighted by Gasteiger charge is 2.43. The summed E-state index contributed by atoms with van der Waals surface area (Å²) in [6, 6.07) is 0. The lowest BCUT2D eigenvalue weighted by molar-refractivity contribution is -0.139. The molecule has 0 aliphatic rings. The predicted octanol–water partition coefficient (Wildman–Crippen LogP) is 4.67. The molecular formula is C13H28O6S4Si. The molecule has 0 fully saturated rings. The van der Waals surface area contributed by atoms with Gasteiger partial charge in [-0.2, -0.15) is 0 Å². The number of carboxylic acids is 1. The minimum atomic E-state index is -2.51. The van der Waals surface area contributed by atoms with Crippen LogP contribution in [-0.2, 0) is 22.9 Å². The fourth-order valence-corrected chi connectivity index (χ4v) is 15.2. The van der Waals surface area contributed by atoms with Crippen molar-refractivity contribution in [1.82, 2.24) is 0 Å². The van der Waals surface area contributed by atoms with E-state index in [2.05, 4.69) is 6.92 Å². The fourth-order valence-electron chi connectivity index (χ4n) is 1.13. The van der Waals surface area contributed by atoms with Gasteiger partial charge in [0, 0.05) is 25.6 Å². The van der Waals surface area contributed by atoms with Gasteiger partial charge in [-0.25, -0.2) is 0 Å². The number of ketones is 1. The standard InChI is InChI=1S/C9H22O3S4Si.C4H6O3/c1-5-9-13-14-15-16-17(10-6-2,11-7-3)12-8-4;1-3(5)2-4(6)7/h5-9H2,1-4H3;2H2,1H3,(H,6,7). The van der Waals surface area contributed by atoms with Gasteiger partial charge in [0.15, 0.2) is 0 Å². The molecule has 11 heteroatoms. The SMILES string of the molecule is CC(=O)CC(=O)O.CCCSSSS[Si](OCC)(OCC)OCC. The van der Waals surface area contributed by atoms with Crippen molar-refractivity contribution in [3.05, 3.63) is 0 Å². The molecule has 0 atom stereocenters. The van der Waals surface area contributed by atoms with Gasteiger partial charge in [-0.05, 0) is 64.0 Å². The molecule has 0 saturated heterocycles. The summed E-state index contributed by atoms with van der Waals surface area (Å²) in [4.78, 5) is 19.5. The molecule has 0 radical (unpaired) electrons. The van der Waals surface area contributed by atoms with Crippen LogP contribution >= 0.6 is 40.7 Å². The Hall–Kier alpha value is 0.637. The van der Waals surface area contributed by atoms with Gasteiger partial charge in [0.05, 0.1) is 0 Å². The van der Waals surface area contributed by atoms with Crippen LogP contribution in [0.25, 0.3) is 0 Å². The summed E-state index contributed by atoms with van der Waals surface area (Å²) in [5, 5.41) is 7.86. The Labute approximate surface area is 161 Å². The molecule has 0 spiro atoms. The zero-order valence-corrected chi connectivity index (χ0v) is 19.1. The van der Waals surface area contributed by atoms with Crippen molar-refractivity contribution < 1.29 is 28.0 Å². The maximum atomic E-state index is 9.87. The third kappa shape index (κ3) is 17.5. The lowest BCUT2D eigenvalue weighted by Gasteiger charge is -2.25. The Morgan fingerprint density at radius 3 is 1.75 bits per heavy atom. The lowest BCUT2D eigenvalue weighted by Crippen LogP contribution is -2.42. The summed E-state index contributed by atoms with van der Waals surface area (Å²) < 4.78 is 17.2. The van der Waals surface area contributed by atoms with Crippen molar-refractivity contribution in [3.63, 3.8) is 0 Å². The van der Waals surface area contributed by atoms with E-state index in [-0.39, 0.29) is 12.2 Å². The van der Waals surface area contributed by atoms with Gasteiger partial charge < -0.3 is 18.4 Å². The van der Waals surface area contributed by atoms with Crippen LogP contribution in [0.3, 0.4) is 0 Å². The first-order valence-electron chi connectivity index (χ1n) is 7.64. The number of Topliss-reactive ketones (excluding diaryl/α,β-unsaturated/α-hetero) is 1. The van der Waals surface area contributed by atoms with E-state index in [1.807, 2.05) is 31.6 Å². The van der Waals surface area contributed by atoms with Crippen LogP contribution in [-0.4, -0.2) is 50.4 Å². The Bertz CT molecular complexity index is 307. The van der Waals surface area contributed by atoms with Crippen LogP contribution in [0.1, 0.15) is 47.5 Å². The maximum absolute atomic E-state index is 9.87. The molecule has 24 heavy (non-hydrogen) atoms. The van der Waals surface area contributed by atoms with E-state index < -0.39 is 13.9 Å². The quantitative estimate of drug-likeness (QED) is 0.179. The van der Waals surface area contributed by atoms with Crippen molar-refractivity contribution in [3.8, 4) is 0 Å². The molecule has 0 aromatic rings. The second-order valence-electron chi connectivity index (χ2n) is 4.11. The zero-order chi connectivity index (χ0) is 18.8. The highest BCUT2D eigenvalue weighted by atomic mass is 33.7. The fraction of sp³-hybridized carbons (Fsp3) is 0.846. The molecule has 0 unspecified atom stereocenters. The molecular weight excluding hydrogens is 408 g/mol. The maximum Gasteiger partial charge on any atom is 0.585 e. The molecule has 6 nitrogen and oxygen atoms in total. The Morgan fingerprint density at radius 2 is 1.46 bits per heavy atom. The smallest absolute Gasteiger partial charge is 0.481 e. The van der Waals surface area contributed by atoms with Crippen molar-refractivity contribution in [2.45, 2.75) is 47.5 Å².